The molecule has 142 valence electrons. The lowest BCUT2D eigenvalue weighted by atomic mass is 9.48. The minimum Gasteiger partial charge on any atom is -0.481 e. The van der Waals surface area contributed by atoms with Crippen molar-refractivity contribution in [2.75, 3.05) is 0 Å². The number of aliphatic hydroxyl groups is 1. The average Bonchev–Trinajstić information content (AvgIpc) is 2.86. The normalized spacial score (nSPS) is 47.0. The molecule has 2 saturated carbocycles. The van der Waals surface area contributed by atoms with Crippen molar-refractivity contribution in [3.63, 3.8) is 0 Å². The van der Waals surface area contributed by atoms with Gasteiger partial charge in [-0.3, -0.25) is 9.59 Å². The highest BCUT2D eigenvalue weighted by Gasteiger charge is 2.62. The molecule has 2 N–H and O–H groups in total. The van der Waals surface area contributed by atoms with Crippen LogP contribution in [0.25, 0.3) is 0 Å². The molecule has 0 heterocycles. The van der Waals surface area contributed by atoms with E-state index in [1.54, 1.807) is 0 Å². The molecule has 2 fully saturated rings. The average molecular weight is 358 g/mol. The van der Waals surface area contributed by atoms with Crippen molar-refractivity contribution in [2.24, 2.45) is 28.6 Å². The van der Waals surface area contributed by atoms with E-state index in [1.807, 2.05) is 6.08 Å². The second kappa shape index (κ2) is 5.79. The summed E-state index contributed by atoms with van der Waals surface area (Å²) >= 11 is 0. The number of rotatable bonds is 3. The van der Waals surface area contributed by atoms with Crippen molar-refractivity contribution in [3.8, 4) is 0 Å². The Morgan fingerprint density at radius 3 is 2.65 bits per heavy atom. The lowest BCUT2D eigenvalue weighted by molar-refractivity contribution is -0.144. The van der Waals surface area contributed by atoms with Gasteiger partial charge in [0.1, 0.15) is 0 Å². The molecule has 0 unspecified atom stereocenters. The molecule has 4 nitrogen and oxygen atoms in total. The Hall–Kier alpha value is -1.42. The Bertz CT molecular complexity index is 707. The zero-order chi connectivity index (χ0) is 18.7. The molecule has 0 saturated heterocycles. The number of fused-ring (bicyclic) bond motifs is 5. The molecule has 0 radical (unpaired) electrons. The van der Waals surface area contributed by atoms with Crippen LogP contribution in [0.2, 0.25) is 0 Å². The first-order chi connectivity index (χ1) is 12.2. The third kappa shape index (κ3) is 2.37. The van der Waals surface area contributed by atoms with E-state index in [1.165, 1.54) is 5.57 Å². The van der Waals surface area contributed by atoms with E-state index >= 15 is 0 Å². The van der Waals surface area contributed by atoms with Crippen LogP contribution in [-0.2, 0) is 9.59 Å². The number of carboxylic acid groups (broad SMARTS) is 1. The van der Waals surface area contributed by atoms with Crippen molar-refractivity contribution in [1.82, 2.24) is 0 Å². The van der Waals surface area contributed by atoms with Crippen LogP contribution in [0.1, 0.15) is 65.2 Å². The summed E-state index contributed by atoms with van der Waals surface area (Å²) in [5.74, 6) is 0.748. The van der Waals surface area contributed by atoms with Crippen LogP contribution in [-0.4, -0.2) is 27.6 Å². The highest BCUT2D eigenvalue weighted by Crippen LogP contribution is 2.66. The van der Waals surface area contributed by atoms with Gasteiger partial charge in [-0.05, 0) is 78.8 Å². The molecule has 0 aromatic rings. The first-order valence-corrected chi connectivity index (χ1v) is 10.1. The molecule has 0 amide bonds. The number of carboxylic acids is 1. The van der Waals surface area contributed by atoms with Crippen LogP contribution in [0.15, 0.2) is 23.8 Å². The zero-order valence-electron chi connectivity index (χ0n) is 15.8. The molecule has 0 aromatic carbocycles. The standard InChI is InChI=1S/C22H30O4/c1-20-9-5-15(23)13-14(20)3-4-16-17(20)6-10-21(2)18(16)7-11-22(21,26)12-8-19(24)25/h3-4,13,16-18,26H,5-12H2,1-2H3,(H,24,25)/t16-,17+,18+,20-,21+,22-/m1/s1. The maximum absolute atomic E-state index is 11.9. The van der Waals surface area contributed by atoms with Gasteiger partial charge in [-0.2, -0.15) is 0 Å². The lowest BCUT2D eigenvalue weighted by Crippen LogP contribution is -2.53. The van der Waals surface area contributed by atoms with Gasteiger partial charge in [-0.15, -0.1) is 0 Å². The third-order valence-corrected chi connectivity index (χ3v) is 8.59. The van der Waals surface area contributed by atoms with Gasteiger partial charge in [0, 0.05) is 12.8 Å². The molecule has 4 heteroatoms. The Kier molecular flexibility index (Phi) is 4.00. The summed E-state index contributed by atoms with van der Waals surface area (Å²) in [6.07, 6.45) is 11.9. The monoisotopic (exact) mass is 358 g/mol. The van der Waals surface area contributed by atoms with Crippen LogP contribution in [0.3, 0.4) is 0 Å². The van der Waals surface area contributed by atoms with Crippen molar-refractivity contribution < 1.29 is 19.8 Å². The maximum atomic E-state index is 11.9. The molecular weight excluding hydrogens is 328 g/mol. The van der Waals surface area contributed by atoms with Crippen molar-refractivity contribution in [3.05, 3.63) is 23.8 Å². The summed E-state index contributed by atoms with van der Waals surface area (Å²) in [7, 11) is 0. The Balaban J connectivity index is 1.66. The van der Waals surface area contributed by atoms with E-state index in [0.717, 1.165) is 25.7 Å². The summed E-state index contributed by atoms with van der Waals surface area (Å²) in [6, 6.07) is 0. The first kappa shape index (κ1) is 18.0. The van der Waals surface area contributed by atoms with Crippen molar-refractivity contribution in [2.45, 2.75) is 70.8 Å². The Morgan fingerprint density at radius 1 is 1.19 bits per heavy atom. The quantitative estimate of drug-likeness (QED) is 0.802. The van der Waals surface area contributed by atoms with Gasteiger partial charge in [0.15, 0.2) is 5.78 Å². The van der Waals surface area contributed by atoms with E-state index < -0.39 is 11.6 Å². The highest BCUT2D eigenvalue weighted by atomic mass is 16.4. The first-order valence-electron chi connectivity index (χ1n) is 10.1. The van der Waals surface area contributed by atoms with Crippen LogP contribution < -0.4 is 0 Å². The topological polar surface area (TPSA) is 74.6 Å². The Morgan fingerprint density at radius 2 is 1.92 bits per heavy atom. The largest absolute Gasteiger partial charge is 0.481 e. The predicted molar refractivity (Wildman–Crippen MR) is 98.4 cm³/mol. The Labute approximate surface area is 155 Å². The van der Waals surface area contributed by atoms with Gasteiger partial charge in [0.25, 0.3) is 0 Å². The van der Waals surface area contributed by atoms with Crippen LogP contribution >= 0.6 is 0 Å². The van der Waals surface area contributed by atoms with Crippen LogP contribution in [0.5, 0.6) is 0 Å². The van der Waals surface area contributed by atoms with Gasteiger partial charge in [0.05, 0.1) is 5.60 Å². The lowest BCUT2D eigenvalue weighted by Gasteiger charge is -2.57. The van der Waals surface area contributed by atoms with E-state index in [9.17, 15) is 14.7 Å². The van der Waals surface area contributed by atoms with Gasteiger partial charge in [-0.1, -0.05) is 26.0 Å². The molecular formula is C22H30O4. The van der Waals surface area contributed by atoms with Gasteiger partial charge >= 0.3 is 5.97 Å². The van der Waals surface area contributed by atoms with Gasteiger partial charge < -0.3 is 10.2 Å². The fraction of sp³-hybridized carbons (Fsp3) is 0.727. The molecule has 6 atom stereocenters. The second-order valence-corrected chi connectivity index (χ2v) is 9.55. The van der Waals surface area contributed by atoms with Crippen molar-refractivity contribution in [1.29, 1.82) is 0 Å². The summed E-state index contributed by atoms with van der Waals surface area (Å²) in [5.41, 5.74) is 0.179. The summed E-state index contributed by atoms with van der Waals surface area (Å²) in [4.78, 5) is 22.9. The van der Waals surface area contributed by atoms with E-state index in [0.29, 0.717) is 37.0 Å². The number of hydrogen-bond acceptors (Lipinski definition) is 3. The molecule has 0 aromatic heterocycles. The van der Waals surface area contributed by atoms with E-state index in [2.05, 4.69) is 26.0 Å². The number of hydrogen-bond donors (Lipinski definition) is 2. The van der Waals surface area contributed by atoms with E-state index in [-0.39, 0.29) is 23.0 Å². The molecule has 26 heavy (non-hydrogen) atoms. The molecule has 0 bridgehead atoms. The maximum Gasteiger partial charge on any atom is 0.303 e. The molecule has 4 aliphatic rings. The van der Waals surface area contributed by atoms with Crippen LogP contribution in [0, 0.1) is 28.6 Å². The minimum absolute atomic E-state index is 0.0372. The predicted octanol–water partition coefficient (Wildman–Crippen LogP) is 3.89. The molecule has 0 spiro atoms. The number of ketones is 1. The summed E-state index contributed by atoms with van der Waals surface area (Å²) < 4.78 is 0. The number of carbonyl (C=O) groups is 2. The fourth-order valence-corrected chi connectivity index (χ4v) is 6.83. The van der Waals surface area contributed by atoms with Gasteiger partial charge in [0.2, 0.25) is 0 Å². The second-order valence-electron chi connectivity index (χ2n) is 9.55. The number of carbonyl (C=O) groups excluding carboxylic acids is 1. The number of allylic oxidation sites excluding steroid dienone is 4. The fourth-order valence-electron chi connectivity index (χ4n) is 6.83. The summed E-state index contributed by atoms with van der Waals surface area (Å²) in [6.45, 7) is 4.51. The highest BCUT2D eigenvalue weighted by molar-refractivity contribution is 5.92. The van der Waals surface area contributed by atoms with E-state index in [4.69, 9.17) is 5.11 Å². The zero-order valence-corrected chi connectivity index (χ0v) is 15.8. The summed E-state index contributed by atoms with van der Waals surface area (Å²) in [5, 5.41) is 20.5. The smallest absolute Gasteiger partial charge is 0.303 e. The molecule has 0 aliphatic heterocycles. The third-order valence-electron chi connectivity index (χ3n) is 8.59. The van der Waals surface area contributed by atoms with Gasteiger partial charge in [-0.25, -0.2) is 0 Å². The molecule has 4 aliphatic carbocycles. The SMILES string of the molecule is C[C@]12CC[C@H]3[C@@H](C=CC4=CC(=O)CC[C@]43C)[C@@H]1CC[C@@]2(O)CCC(=O)O. The molecule has 4 rings (SSSR count). The minimum atomic E-state index is -0.867. The van der Waals surface area contributed by atoms with Crippen molar-refractivity contribution >= 4 is 11.8 Å². The van der Waals surface area contributed by atoms with Crippen LogP contribution in [0.4, 0.5) is 0 Å². The number of aliphatic carboxylic acids is 1.